The molecule has 3 rings (SSSR count). The number of morpholine rings is 1. The summed E-state index contributed by atoms with van der Waals surface area (Å²) in [7, 11) is 0. The highest BCUT2D eigenvalue weighted by Crippen LogP contribution is 2.23. The van der Waals surface area contributed by atoms with Gasteiger partial charge in [-0.2, -0.15) is 0 Å². The van der Waals surface area contributed by atoms with Crippen LogP contribution in [0.3, 0.4) is 0 Å². The molecule has 0 aliphatic carbocycles. The van der Waals surface area contributed by atoms with E-state index in [2.05, 4.69) is 34.5 Å². The third kappa shape index (κ3) is 3.41. The molecule has 2 heterocycles. The molecule has 1 aromatic carbocycles. The molecule has 0 radical (unpaired) electrons. The largest absolute Gasteiger partial charge is 0.379 e. The molecule has 100 valence electrons. The zero-order valence-electron chi connectivity index (χ0n) is 10.9. The van der Waals surface area contributed by atoms with E-state index in [-0.39, 0.29) is 0 Å². The first kappa shape index (κ1) is 12.8. The normalized spacial score (nSPS) is 16.6. The van der Waals surface area contributed by atoms with Crippen LogP contribution in [0, 0.1) is 0 Å². The number of thiazole rings is 1. The highest BCUT2D eigenvalue weighted by atomic mass is 32.1. The second kappa shape index (κ2) is 6.28. The zero-order chi connectivity index (χ0) is 12.9. The van der Waals surface area contributed by atoms with E-state index < -0.39 is 0 Å². The summed E-state index contributed by atoms with van der Waals surface area (Å²) in [5, 5.41) is 3.31. The molecule has 0 spiro atoms. The predicted molar refractivity (Wildman–Crippen MR) is 78.5 cm³/mol. The van der Waals surface area contributed by atoms with Gasteiger partial charge in [-0.15, -0.1) is 11.3 Å². The molecular formula is C15H18N2OS. The fourth-order valence-electron chi connectivity index (χ4n) is 2.23. The van der Waals surface area contributed by atoms with E-state index in [0.29, 0.717) is 0 Å². The third-order valence-corrected chi connectivity index (χ3v) is 4.30. The lowest BCUT2D eigenvalue weighted by Crippen LogP contribution is -2.37. The minimum atomic E-state index is 0.867. The lowest BCUT2D eigenvalue weighted by molar-refractivity contribution is 0.0383. The molecule has 2 aromatic rings. The van der Waals surface area contributed by atoms with E-state index in [4.69, 9.17) is 9.72 Å². The molecule has 0 N–H and O–H groups in total. The Hall–Kier alpha value is -1.23. The van der Waals surface area contributed by atoms with Crippen LogP contribution in [0.25, 0.3) is 10.6 Å². The maximum Gasteiger partial charge on any atom is 0.123 e. The van der Waals surface area contributed by atoms with E-state index in [9.17, 15) is 0 Å². The summed E-state index contributed by atoms with van der Waals surface area (Å²) >= 11 is 1.73. The summed E-state index contributed by atoms with van der Waals surface area (Å²) in [6.45, 7) is 4.92. The van der Waals surface area contributed by atoms with Crippen molar-refractivity contribution in [3.05, 3.63) is 41.4 Å². The Morgan fingerprint density at radius 3 is 2.74 bits per heavy atom. The van der Waals surface area contributed by atoms with Gasteiger partial charge in [0, 0.05) is 37.0 Å². The van der Waals surface area contributed by atoms with Gasteiger partial charge >= 0.3 is 0 Å². The molecule has 1 saturated heterocycles. The number of hydrogen-bond donors (Lipinski definition) is 0. The fourth-order valence-corrected chi connectivity index (χ4v) is 3.09. The summed E-state index contributed by atoms with van der Waals surface area (Å²) in [4.78, 5) is 7.17. The van der Waals surface area contributed by atoms with E-state index >= 15 is 0 Å². The second-order valence-corrected chi connectivity index (χ2v) is 5.57. The SMILES string of the molecule is c1ccc(-c2nc(CCN3CCOCC3)cs2)cc1. The van der Waals surface area contributed by atoms with Gasteiger partial charge in [0.25, 0.3) is 0 Å². The topological polar surface area (TPSA) is 25.4 Å². The molecule has 0 amide bonds. The van der Waals surface area contributed by atoms with Crippen LogP contribution in [0.2, 0.25) is 0 Å². The molecular weight excluding hydrogens is 256 g/mol. The molecule has 1 aliphatic heterocycles. The van der Waals surface area contributed by atoms with Crippen LogP contribution < -0.4 is 0 Å². The van der Waals surface area contributed by atoms with Crippen molar-refractivity contribution in [1.82, 2.24) is 9.88 Å². The van der Waals surface area contributed by atoms with Crippen molar-refractivity contribution < 1.29 is 4.74 Å². The summed E-state index contributed by atoms with van der Waals surface area (Å²) < 4.78 is 5.36. The van der Waals surface area contributed by atoms with E-state index in [1.165, 1.54) is 11.3 Å². The molecule has 1 fully saturated rings. The van der Waals surface area contributed by atoms with E-state index in [1.807, 2.05) is 6.07 Å². The standard InChI is InChI=1S/C15H18N2OS/c1-2-4-13(5-3-1)15-16-14(12-19-15)6-7-17-8-10-18-11-9-17/h1-5,12H,6-11H2. The Bertz CT molecular complexity index is 506. The summed E-state index contributed by atoms with van der Waals surface area (Å²) in [6, 6.07) is 10.4. The van der Waals surface area contributed by atoms with Crippen molar-refractivity contribution in [2.45, 2.75) is 6.42 Å². The molecule has 0 bridgehead atoms. The first-order chi connectivity index (χ1) is 9.42. The van der Waals surface area contributed by atoms with Crippen LogP contribution in [-0.4, -0.2) is 42.7 Å². The Kier molecular flexibility index (Phi) is 4.23. The molecule has 0 unspecified atom stereocenters. The lowest BCUT2D eigenvalue weighted by Gasteiger charge is -2.26. The number of nitrogens with zero attached hydrogens (tertiary/aromatic N) is 2. The Labute approximate surface area is 117 Å². The van der Waals surface area contributed by atoms with Crippen LogP contribution in [0.1, 0.15) is 5.69 Å². The minimum Gasteiger partial charge on any atom is -0.379 e. The first-order valence-corrected chi connectivity index (χ1v) is 7.60. The third-order valence-electron chi connectivity index (χ3n) is 3.36. The predicted octanol–water partition coefficient (Wildman–Crippen LogP) is 2.68. The maximum absolute atomic E-state index is 5.36. The van der Waals surface area contributed by atoms with Crippen LogP contribution in [0.15, 0.2) is 35.7 Å². The average Bonchev–Trinajstić information content (AvgIpc) is 2.96. The molecule has 0 atom stereocenters. The lowest BCUT2D eigenvalue weighted by atomic mass is 10.2. The van der Waals surface area contributed by atoms with Gasteiger partial charge in [0.15, 0.2) is 0 Å². The van der Waals surface area contributed by atoms with Crippen molar-refractivity contribution in [3.8, 4) is 10.6 Å². The van der Waals surface area contributed by atoms with Gasteiger partial charge in [-0.3, -0.25) is 4.90 Å². The van der Waals surface area contributed by atoms with E-state index in [1.54, 1.807) is 11.3 Å². The highest BCUT2D eigenvalue weighted by Gasteiger charge is 2.11. The Morgan fingerprint density at radius 2 is 1.95 bits per heavy atom. The Morgan fingerprint density at radius 1 is 1.16 bits per heavy atom. The van der Waals surface area contributed by atoms with Crippen molar-refractivity contribution in [2.75, 3.05) is 32.8 Å². The molecule has 19 heavy (non-hydrogen) atoms. The van der Waals surface area contributed by atoms with Crippen molar-refractivity contribution in [2.24, 2.45) is 0 Å². The van der Waals surface area contributed by atoms with Crippen molar-refractivity contribution >= 4 is 11.3 Å². The van der Waals surface area contributed by atoms with Crippen LogP contribution in [0.4, 0.5) is 0 Å². The molecule has 0 saturated carbocycles. The first-order valence-electron chi connectivity index (χ1n) is 6.72. The zero-order valence-corrected chi connectivity index (χ0v) is 11.7. The maximum atomic E-state index is 5.36. The quantitative estimate of drug-likeness (QED) is 0.857. The van der Waals surface area contributed by atoms with Gasteiger partial charge < -0.3 is 4.74 Å². The van der Waals surface area contributed by atoms with Crippen molar-refractivity contribution in [3.63, 3.8) is 0 Å². The smallest absolute Gasteiger partial charge is 0.123 e. The van der Waals surface area contributed by atoms with Gasteiger partial charge in [-0.05, 0) is 0 Å². The second-order valence-electron chi connectivity index (χ2n) is 4.71. The average molecular weight is 274 g/mol. The number of aromatic nitrogens is 1. The molecule has 3 nitrogen and oxygen atoms in total. The van der Waals surface area contributed by atoms with Crippen LogP contribution >= 0.6 is 11.3 Å². The number of hydrogen-bond acceptors (Lipinski definition) is 4. The molecule has 1 aliphatic rings. The fraction of sp³-hybridized carbons (Fsp3) is 0.400. The number of ether oxygens (including phenoxy) is 1. The van der Waals surface area contributed by atoms with E-state index in [0.717, 1.165) is 44.3 Å². The van der Waals surface area contributed by atoms with Gasteiger partial charge in [0.1, 0.15) is 5.01 Å². The molecule has 1 aromatic heterocycles. The van der Waals surface area contributed by atoms with Gasteiger partial charge in [-0.1, -0.05) is 30.3 Å². The monoisotopic (exact) mass is 274 g/mol. The summed E-state index contributed by atoms with van der Waals surface area (Å²) in [5.41, 5.74) is 2.42. The number of benzene rings is 1. The summed E-state index contributed by atoms with van der Waals surface area (Å²) in [5.74, 6) is 0. The highest BCUT2D eigenvalue weighted by molar-refractivity contribution is 7.13. The summed E-state index contributed by atoms with van der Waals surface area (Å²) in [6.07, 6.45) is 1.03. The van der Waals surface area contributed by atoms with Crippen LogP contribution in [-0.2, 0) is 11.2 Å². The van der Waals surface area contributed by atoms with Gasteiger partial charge in [-0.25, -0.2) is 4.98 Å². The van der Waals surface area contributed by atoms with Crippen LogP contribution in [0.5, 0.6) is 0 Å². The number of rotatable bonds is 4. The molecule has 4 heteroatoms. The van der Waals surface area contributed by atoms with Gasteiger partial charge in [0.05, 0.1) is 18.9 Å². The minimum absolute atomic E-state index is 0.867. The Balaban J connectivity index is 1.59. The van der Waals surface area contributed by atoms with Gasteiger partial charge in [0.2, 0.25) is 0 Å². The van der Waals surface area contributed by atoms with Crippen molar-refractivity contribution in [1.29, 1.82) is 0 Å².